The van der Waals surface area contributed by atoms with Crippen molar-refractivity contribution in [1.82, 2.24) is 0 Å². The number of aliphatic hydroxyl groups is 1. The molecule has 0 aromatic heterocycles. The SMILES string of the molecule is CC(C)(O)c1ccccc1C(Cl)(Cl)C(Cl)(Cl)C(Cl)(Cl)C(Cl)(Cl)Cl. The summed E-state index contributed by atoms with van der Waals surface area (Å²) in [5.74, 6) is 0. The Morgan fingerprint density at radius 1 is 0.696 bits per heavy atom. The molecule has 0 saturated heterocycles. The van der Waals surface area contributed by atoms with Gasteiger partial charge in [-0.05, 0) is 25.0 Å². The van der Waals surface area contributed by atoms with Gasteiger partial charge >= 0.3 is 0 Å². The molecule has 1 N–H and O–H groups in total. The van der Waals surface area contributed by atoms with Gasteiger partial charge in [0.05, 0.1) is 5.60 Å². The van der Waals surface area contributed by atoms with E-state index < -0.39 is 22.4 Å². The minimum Gasteiger partial charge on any atom is -0.386 e. The molecular weight excluding hydrogens is 491 g/mol. The number of halogens is 9. The Morgan fingerprint density at radius 3 is 1.43 bits per heavy atom. The standard InChI is InChI=1S/C13H11Cl9O/c1-9(2,23)7-5-3-4-6-8(7)10(14,15)11(16,17)12(18,19)13(20,21)22/h3-6,23H,1-2H3. The molecule has 0 atom stereocenters. The Bertz CT molecular complexity index is 570. The molecule has 0 amide bonds. The second kappa shape index (κ2) is 7.08. The van der Waals surface area contributed by atoms with Crippen LogP contribution >= 0.6 is 104 Å². The van der Waals surface area contributed by atoms with Crippen molar-refractivity contribution in [2.75, 3.05) is 0 Å². The van der Waals surface area contributed by atoms with Crippen LogP contribution in [0.15, 0.2) is 24.3 Å². The van der Waals surface area contributed by atoms with Gasteiger partial charge in [0.25, 0.3) is 0 Å². The average molecular weight is 502 g/mol. The molecular formula is C13H11Cl9O. The van der Waals surface area contributed by atoms with E-state index >= 15 is 0 Å². The average Bonchev–Trinajstić information content (AvgIpc) is 2.36. The maximum Gasteiger partial charge on any atom is 0.226 e. The van der Waals surface area contributed by atoms with E-state index in [1.54, 1.807) is 18.2 Å². The second-order valence-electron chi connectivity index (χ2n) is 5.33. The fraction of sp³-hybridized carbons (Fsp3) is 0.538. The molecule has 1 aromatic rings. The highest BCUT2D eigenvalue weighted by molar-refractivity contribution is 6.80. The minimum absolute atomic E-state index is 0.167. The molecule has 1 nitrogen and oxygen atoms in total. The van der Waals surface area contributed by atoms with Crippen LogP contribution in [-0.2, 0) is 9.93 Å². The van der Waals surface area contributed by atoms with Crippen LogP contribution in [0.5, 0.6) is 0 Å². The maximum absolute atomic E-state index is 10.3. The van der Waals surface area contributed by atoms with Crippen LogP contribution in [-0.4, -0.2) is 17.6 Å². The summed E-state index contributed by atoms with van der Waals surface area (Å²) < 4.78 is -9.18. The first-order chi connectivity index (χ1) is 9.98. The lowest BCUT2D eigenvalue weighted by Gasteiger charge is -2.45. The minimum atomic E-state index is -2.38. The molecule has 0 spiro atoms. The molecule has 10 heteroatoms. The van der Waals surface area contributed by atoms with Crippen molar-refractivity contribution in [3.63, 3.8) is 0 Å². The summed E-state index contributed by atoms with van der Waals surface area (Å²) in [6.07, 6.45) is 0. The quantitative estimate of drug-likeness (QED) is 0.430. The Hall–Kier alpha value is 1.79. The zero-order chi connectivity index (χ0) is 18.5. The van der Waals surface area contributed by atoms with Crippen molar-refractivity contribution < 1.29 is 5.11 Å². The zero-order valence-corrected chi connectivity index (χ0v) is 18.5. The largest absolute Gasteiger partial charge is 0.386 e. The van der Waals surface area contributed by atoms with E-state index in [1.165, 1.54) is 19.9 Å². The first-order valence-electron chi connectivity index (χ1n) is 6.00. The van der Waals surface area contributed by atoms with E-state index in [9.17, 15) is 5.11 Å². The van der Waals surface area contributed by atoms with Crippen molar-refractivity contribution in [1.29, 1.82) is 0 Å². The first-order valence-corrected chi connectivity index (χ1v) is 9.40. The Kier molecular flexibility index (Phi) is 7.02. The summed E-state index contributed by atoms with van der Waals surface area (Å²) in [5, 5.41) is 10.3. The number of hydrogen-bond acceptors (Lipinski definition) is 1. The predicted molar refractivity (Wildman–Crippen MR) is 104 cm³/mol. The van der Waals surface area contributed by atoms with Crippen LogP contribution < -0.4 is 0 Å². The van der Waals surface area contributed by atoms with Gasteiger partial charge in [-0.25, -0.2) is 0 Å². The third-order valence-corrected chi connectivity index (χ3v) is 8.52. The smallest absolute Gasteiger partial charge is 0.226 e. The maximum atomic E-state index is 10.3. The van der Waals surface area contributed by atoms with Crippen molar-refractivity contribution in [2.24, 2.45) is 0 Å². The van der Waals surface area contributed by atoms with E-state index in [1.807, 2.05) is 0 Å². The molecule has 1 aromatic carbocycles. The topological polar surface area (TPSA) is 20.2 Å². The van der Waals surface area contributed by atoms with Crippen LogP contribution in [0.4, 0.5) is 0 Å². The van der Waals surface area contributed by atoms with Crippen LogP contribution in [0.25, 0.3) is 0 Å². The molecule has 132 valence electrons. The molecule has 0 aliphatic carbocycles. The van der Waals surface area contributed by atoms with E-state index in [2.05, 4.69) is 0 Å². The van der Waals surface area contributed by atoms with Crippen molar-refractivity contribution in [2.45, 2.75) is 36.2 Å². The van der Waals surface area contributed by atoms with Gasteiger partial charge in [0.1, 0.15) is 0 Å². The van der Waals surface area contributed by atoms with Gasteiger partial charge in [-0.3, -0.25) is 0 Å². The van der Waals surface area contributed by atoms with Gasteiger partial charge in [-0.1, -0.05) is 129 Å². The van der Waals surface area contributed by atoms with Gasteiger partial charge in [-0.2, -0.15) is 0 Å². The Labute approximate surface area is 180 Å². The monoisotopic (exact) mass is 498 g/mol. The van der Waals surface area contributed by atoms with Gasteiger partial charge < -0.3 is 5.11 Å². The Morgan fingerprint density at radius 2 is 1.09 bits per heavy atom. The third-order valence-electron chi connectivity index (χ3n) is 3.07. The zero-order valence-electron chi connectivity index (χ0n) is 11.7. The lowest BCUT2D eigenvalue weighted by molar-refractivity contribution is 0.0772. The molecule has 0 unspecified atom stereocenters. The highest BCUT2D eigenvalue weighted by atomic mass is 35.6. The molecule has 0 radical (unpaired) electrons. The molecule has 0 bridgehead atoms. The van der Waals surface area contributed by atoms with Gasteiger partial charge in [0.2, 0.25) is 8.13 Å². The number of benzene rings is 1. The lowest BCUT2D eigenvalue weighted by Crippen LogP contribution is -2.55. The molecule has 0 aliphatic heterocycles. The van der Waals surface area contributed by atoms with E-state index in [-0.39, 0.29) is 5.56 Å². The second-order valence-corrected chi connectivity index (χ2v) is 11.6. The molecule has 0 heterocycles. The van der Waals surface area contributed by atoms with Crippen molar-refractivity contribution >= 4 is 104 Å². The normalized spacial score (nSPS) is 15.0. The predicted octanol–water partition coefficient (Wildman–Crippen LogP) is 7.26. The van der Waals surface area contributed by atoms with E-state index in [0.717, 1.165) is 0 Å². The summed E-state index contributed by atoms with van der Waals surface area (Å²) in [4.78, 5) is 0. The molecule has 0 fully saturated rings. The highest BCUT2D eigenvalue weighted by Crippen LogP contribution is 2.65. The molecule has 23 heavy (non-hydrogen) atoms. The summed E-state index contributed by atoms with van der Waals surface area (Å²) >= 11 is 54.8. The van der Waals surface area contributed by atoms with Crippen LogP contribution in [0.1, 0.15) is 25.0 Å². The van der Waals surface area contributed by atoms with Gasteiger partial charge in [0, 0.05) is 0 Å². The fourth-order valence-corrected chi connectivity index (χ4v) is 4.13. The van der Waals surface area contributed by atoms with E-state index in [4.69, 9.17) is 104 Å². The third kappa shape index (κ3) is 4.21. The summed E-state index contributed by atoms with van der Waals surface area (Å²) in [5.41, 5.74) is -0.790. The number of alkyl halides is 9. The van der Waals surface area contributed by atoms with Crippen LogP contribution in [0, 0.1) is 0 Å². The number of hydrogen-bond donors (Lipinski definition) is 1. The Balaban J connectivity index is 3.60. The highest BCUT2D eigenvalue weighted by Gasteiger charge is 2.69. The summed E-state index contributed by atoms with van der Waals surface area (Å²) in [6, 6.07) is 6.40. The fourth-order valence-electron chi connectivity index (χ4n) is 1.83. The number of rotatable bonds is 4. The van der Waals surface area contributed by atoms with Gasteiger partial charge in [0.15, 0.2) is 8.67 Å². The molecule has 1 rings (SSSR count). The summed E-state index contributed by atoms with van der Waals surface area (Å²) in [6.45, 7) is 3.06. The van der Waals surface area contributed by atoms with Crippen molar-refractivity contribution in [3.05, 3.63) is 35.4 Å². The van der Waals surface area contributed by atoms with Crippen LogP contribution in [0.2, 0.25) is 0 Å². The van der Waals surface area contributed by atoms with Gasteiger partial charge in [-0.15, -0.1) is 0 Å². The van der Waals surface area contributed by atoms with E-state index in [0.29, 0.717) is 5.56 Å². The van der Waals surface area contributed by atoms with Crippen molar-refractivity contribution in [3.8, 4) is 0 Å². The molecule has 0 saturated carbocycles. The van der Waals surface area contributed by atoms with Crippen LogP contribution in [0.3, 0.4) is 0 Å². The lowest BCUT2D eigenvalue weighted by atomic mass is 9.90. The molecule has 0 aliphatic rings. The summed E-state index contributed by atoms with van der Waals surface area (Å²) in [7, 11) is 0. The first kappa shape index (κ1) is 22.8.